The number of fused-ring (bicyclic) bond motifs is 2. The Kier molecular flexibility index (Phi) is 5.56. The minimum absolute atomic E-state index is 0.0191. The first-order valence-corrected chi connectivity index (χ1v) is 10.0. The highest BCUT2D eigenvalue weighted by atomic mass is 35.5. The van der Waals surface area contributed by atoms with E-state index in [1.807, 2.05) is 0 Å². The van der Waals surface area contributed by atoms with E-state index in [-0.39, 0.29) is 45.6 Å². The van der Waals surface area contributed by atoms with E-state index in [0.29, 0.717) is 18.1 Å². The number of aryl methyl sites for hydroxylation is 1. The molecule has 8 nitrogen and oxygen atoms in total. The molecule has 1 saturated carbocycles. The molecule has 2 bridgehead atoms. The molecule has 29 heavy (non-hydrogen) atoms. The maximum Gasteiger partial charge on any atom is 0.344 e. The lowest BCUT2D eigenvalue weighted by Crippen LogP contribution is -2.19. The van der Waals surface area contributed by atoms with Gasteiger partial charge in [-0.05, 0) is 48.7 Å². The average molecular weight is 437 g/mol. The van der Waals surface area contributed by atoms with Gasteiger partial charge >= 0.3 is 5.97 Å². The molecule has 1 aromatic heterocycles. The second kappa shape index (κ2) is 8.12. The van der Waals surface area contributed by atoms with Crippen molar-refractivity contribution in [3.63, 3.8) is 0 Å². The van der Waals surface area contributed by atoms with Gasteiger partial charge in [-0.1, -0.05) is 23.2 Å². The number of hydrogen-bond acceptors (Lipinski definition) is 7. The fourth-order valence-electron chi connectivity index (χ4n) is 3.66. The predicted octanol–water partition coefficient (Wildman–Crippen LogP) is 3.41. The molecule has 0 saturated heterocycles. The molecule has 1 heterocycles. The largest absolute Gasteiger partial charge is 0.488 e. The second-order valence-corrected chi connectivity index (χ2v) is 7.87. The zero-order valence-electron chi connectivity index (χ0n) is 15.6. The molecule has 1 aromatic carbocycles. The van der Waals surface area contributed by atoms with Gasteiger partial charge in [0.05, 0.1) is 22.2 Å². The Bertz CT molecular complexity index is 1000. The molecule has 10 heteroatoms. The SMILES string of the molecule is Cc1nnnn1CCOc1c(Cl)ccc(C(=O)OC2=CC(=O)C3CCC2C3)c1Cl. The van der Waals surface area contributed by atoms with E-state index < -0.39 is 5.97 Å². The number of allylic oxidation sites excluding steroid dienone is 2. The first kappa shape index (κ1) is 19.8. The second-order valence-electron chi connectivity index (χ2n) is 7.08. The van der Waals surface area contributed by atoms with Crippen molar-refractivity contribution in [1.82, 2.24) is 20.2 Å². The molecule has 1 fully saturated rings. The van der Waals surface area contributed by atoms with Gasteiger partial charge in [0, 0.05) is 17.9 Å². The summed E-state index contributed by atoms with van der Waals surface area (Å²) in [4.78, 5) is 24.7. The van der Waals surface area contributed by atoms with Gasteiger partial charge in [-0.3, -0.25) is 4.79 Å². The van der Waals surface area contributed by atoms with Crippen molar-refractivity contribution in [2.24, 2.45) is 11.8 Å². The minimum Gasteiger partial charge on any atom is -0.488 e. The van der Waals surface area contributed by atoms with Crippen LogP contribution in [0.1, 0.15) is 35.4 Å². The third kappa shape index (κ3) is 4.00. The number of halogens is 2. The summed E-state index contributed by atoms with van der Waals surface area (Å²) in [5.74, 6) is 0.781. The van der Waals surface area contributed by atoms with E-state index in [4.69, 9.17) is 32.7 Å². The van der Waals surface area contributed by atoms with E-state index >= 15 is 0 Å². The molecule has 2 aromatic rings. The maximum atomic E-state index is 12.7. The normalized spacial score (nSPS) is 20.5. The van der Waals surface area contributed by atoms with Gasteiger partial charge in [0.25, 0.3) is 0 Å². The number of benzene rings is 1. The van der Waals surface area contributed by atoms with Gasteiger partial charge < -0.3 is 9.47 Å². The van der Waals surface area contributed by atoms with Crippen molar-refractivity contribution in [1.29, 1.82) is 0 Å². The highest BCUT2D eigenvalue weighted by Crippen LogP contribution is 2.42. The van der Waals surface area contributed by atoms with Crippen molar-refractivity contribution in [3.8, 4) is 5.75 Å². The maximum absolute atomic E-state index is 12.7. The van der Waals surface area contributed by atoms with Crippen LogP contribution >= 0.6 is 23.2 Å². The Labute approximate surface area is 176 Å². The molecule has 152 valence electrons. The summed E-state index contributed by atoms with van der Waals surface area (Å²) in [7, 11) is 0. The summed E-state index contributed by atoms with van der Waals surface area (Å²) in [5, 5.41) is 11.5. The number of ether oxygens (including phenoxy) is 2. The van der Waals surface area contributed by atoms with Crippen LogP contribution in [-0.2, 0) is 16.1 Å². The van der Waals surface area contributed by atoms with Crippen molar-refractivity contribution in [2.75, 3.05) is 6.61 Å². The smallest absolute Gasteiger partial charge is 0.344 e. The van der Waals surface area contributed by atoms with E-state index in [1.54, 1.807) is 11.6 Å². The zero-order valence-corrected chi connectivity index (χ0v) is 17.1. The van der Waals surface area contributed by atoms with Crippen LogP contribution in [0, 0.1) is 18.8 Å². The topological polar surface area (TPSA) is 96.2 Å². The summed E-state index contributed by atoms with van der Waals surface area (Å²) in [6.45, 7) is 2.36. The van der Waals surface area contributed by atoms with E-state index in [2.05, 4.69) is 15.5 Å². The van der Waals surface area contributed by atoms with Gasteiger partial charge in [-0.15, -0.1) is 5.10 Å². The molecule has 0 aliphatic heterocycles. The average Bonchev–Trinajstić information content (AvgIpc) is 3.30. The molecule has 2 unspecified atom stereocenters. The van der Waals surface area contributed by atoms with Crippen molar-refractivity contribution in [2.45, 2.75) is 32.7 Å². The van der Waals surface area contributed by atoms with Crippen LogP contribution in [0.5, 0.6) is 5.75 Å². The molecule has 0 N–H and O–H groups in total. The van der Waals surface area contributed by atoms with Gasteiger partial charge in [0.15, 0.2) is 11.5 Å². The third-order valence-corrected chi connectivity index (χ3v) is 5.93. The molecule has 2 aliphatic rings. The lowest BCUT2D eigenvalue weighted by Gasteiger charge is -2.20. The van der Waals surface area contributed by atoms with Crippen LogP contribution in [0.25, 0.3) is 0 Å². The van der Waals surface area contributed by atoms with Gasteiger partial charge in [-0.2, -0.15) is 0 Å². The number of ketones is 1. The number of carbonyl (C=O) groups excluding carboxylic acids is 2. The van der Waals surface area contributed by atoms with Crippen LogP contribution in [0.15, 0.2) is 24.0 Å². The summed E-state index contributed by atoms with van der Waals surface area (Å²) in [6, 6.07) is 3.00. The monoisotopic (exact) mass is 436 g/mol. The van der Waals surface area contributed by atoms with E-state index in [0.717, 1.165) is 19.3 Å². The van der Waals surface area contributed by atoms with Crippen molar-refractivity contribution >= 4 is 35.0 Å². The fourth-order valence-corrected chi connectivity index (χ4v) is 4.22. The number of esters is 1. The zero-order chi connectivity index (χ0) is 20.5. The van der Waals surface area contributed by atoms with E-state index in [9.17, 15) is 9.59 Å². The van der Waals surface area contributed by atoms with Crippen molar-refractivity contribution in [3.05, 3.63) is 45.4 Å². The Balaban J connectivity index is 1.47. The standard InChI is InChI=1S/C19H18Cl2N4O4/c1-10-22-23-24-25(10)6-7-28-18-14(20)5-4-13(17(18)21)19(27)29-16-9-15(26)11-2-3-12(16)8-11/h4-5,9,11-12H,2-3,6-8H2,1H3. The van der Waals surface area contributed by atoms with Crippen LogP contribution in [0.3, 0.4) is 0 Å². The summed E-state index contributed by atoms with van der Waals surface area (Å²) in [5.41, 5.74) is 0.123. The van der Waals surface area contributed by atoms with Gasteiger partial charge in [0.1, 0.15) is 18.2 Å². The van der Waals surface area contributed by atoms with E-state index in [1.165, 1.54) is 18.2 Å². The van der Waals surface area contributed by atoms with Gasteiger partial charge in [-0.25, -0.2) is 9.48 Å². The third-order valence-electron chi connectivity index (χ3n) is 5.26. The Morgan fingerprint density at radius 2 is 2.07 bits per heavy atom. The number of aromatic nitrogens is 4. The molecular formula is C19H18Cl2N4O4. The molecule has 2 atom stereocenters. The molecular weight excluding hydrogens is 419 g/mol. The molecule has 0 amide bonds. The Morgan fingerprint density at radius 3 is 2.83 bits per heavy atom. The molecule has 0 spiro atoms. The Morgan fingerprint density at radius 1 is 1.28 bits per heavy atom. The predicted molar refractivity (Wildman–Crippen MR) is 104 cm³/mol. The molecule has 4 rings (SSSR count). The highest BCUT2D eigenvalue weighted by Gasteiger charge is 2.38. The lowest BCUT2D eigenvalue weighted by molar-refractivity contribution is -0.118. The first-order chi connectivity index (χ1) is 13.9. The number of nitrogens with zero attached hydrogens (tertiary/aromatic N) is 4. The fraction of sp³-hybridized carbons (Fsp3) is 0.421. The van der Waals surface area contributed by atoms with Crippen molar-refractivity contribution < 1.29 is 19.1 Å². The lowest BCUT2D eigenvalue weighted by atomic mass is 9.93. The van der Waals surface area contributed by atoms with Crippen LogP contribution in [-0.4, -0.2) is 38.6 Å². The van der Waals surface area contributed by atoms with Crippen LogP contribution in [0.2, 0.25) is 10.0 Å². The highest BCUT2D eigenvalue weighted by molar-refractivity contribution is 6.39. The quantitative estimate of drug-likeness (QED) is 0.639. The number of hydrogen-bond donors (Lipinski definition) is 0. The number of rotatable bonds is 6. The Hall–Kier alpha value is -2.45. The van der Waals surface area contributed by atoms with Crippen LogP contribution < -0.4 is 4.74 Å². The first-order valence-electron chi connectivity index (χ1n) is 9.25. The minimum atomic E-state index is -0.641. The number of carbonyl (C=O) groups is 2. The van der Waals surface area contributed by atoms with Gasteiger partial charge in [0.2, 0.25) is 0 Å². The summed E-state index contributed by atoms with van der Waals surface area (Å²) >= 11 is 12.6. The summed E-state index contributed by atoms with van der Waals surface area (Å²) in [6.07, 6.45) is 3.85. The summed E-state index contributed by atoms with van der Waals surface area (Å²) < 4.78 is 12.8. The molecule has 2 aliphatic carbocycles. The number of tetrazole rings is 1. The van der Waals surface area contributed by atoms with Crippen LogP contribution in [0.4, 0.5) is 0 Å². The molecule has 0 radical (unpaired) electrons.